The van der Waals surface area contributed by atoms with E-state index in [1.54, 1.807) is 11.3 Å². The third kappa shape index (κ3) is 3.80. The van der Waals surface area contributed by atoms with Crippen LogP contribution in [0.3, 0.4) is 0 Å². The number of carbonyl (C=O) groups is 1. The molecule has 3 nitrogen and oxygen atoms in total. The lowest BCUT2D eigenvalue weighted by molar-refractivity contribution is -0.131. The number of rotatable bonds is 4. The van der Waals surface area contributed by atoms with Crippen molar-refractivity contribution >= 4 is 33.2 Å². The van der Waals surface area contributed by atoms with Gasteiger partial charge in [-0.3, -0.25) is 4.79 Å². The quantitative estimate of drug-likeness (QED) is 0.919. The summed E-state index contributed by atoms with van der Waals surface area (Å²) in [5.74, 6) is 1.00. The highest BCUT2D eigenvalue weighted by molar-refractivity contribution is 9.11. The van der Waals surface area contributed by atoms with Gasteiger partial charge < -0.3 is 10.2 Å². The molecule has 1 N–H and O–H groups in total. The van der Waals surface area contributed by atoms with Crippen LogP contribution in [-0.2, 0) is 11.2 Å². The molecule has 2 heterocycles. The molecule has 1 aromatic rings. The summed E-state index contributed by atoms with van der Waals surface area (Å²) in [5, 5.41) is 3.22. The van der Waals surface area contributed by atoms with Crippen LogP contribution < -0.4 is 5.32 Å². The van der Waals surface area contributed by atoms with Crippen LogP contribution in [0, 0.1) is 5.92 Å². The minimum absolute atomic E-state index is 0.271. The van der Waals surface area contributed by atoms with E-state index >= 15 is 0 Å². The molecule has 2 rings (SSSR count). The fourth-order valence-electron chi connectivity index (χ4n) is 2.38. The first kappa shape index (κ1) is 14.0. The van der Waals surface area contributed by atoms with Crippen LogP contribution in [0.2, 0.25) is 0 Å². The number of thiophene rings is 1. The van der Waals surface area contributed by atoms with Crippen LogP contribution in [0.15, 0.2) is 15.9 Å². The van der Waals surface area contributed by atoms with E-state index in [-0.39, 0.29) is 5.91 Å². The Balaban J connectivity index is 1.80. The Kier molecular flexibility index (Phi) is 5.21. The molecule has 1 aliphatic heterocycles. The first-order valence-electron chi connectivity index (χ1n) is 6.35. The smallest absolute Gasteiger partial charge is 0.227 e. The average molecular weight is 331 g/mol. The molecule has 18 heavy (non-hydrogen) atoms. The van der Waals surface area contributed by atoms with E-state index in [4.69, 9.17) is 0 Å². The maximum absolute atomic E-state index is 12.1. The number of carbonyl (C=O) groups excluding carboxylic acids is 1. The van der Waals surface area contributed by atoms with Crippen molar-refractivity contribution in [3.63, 3.8) is 0 Å². The summed E-state index contributed by atoms with van der Waals surface area (Å²) in [4.78, 5) is 15.3. The zero-order chi connectivity index (χ0) is 13.0. The lowest BCUT2D eigenvalue weighted by Gasteiger charge is -2.31. The fourth-order valence-corrected chi connectivity index (χ4v) is 3.86. The first-order chi connectivity index (χ1) is 8.69. The lowest BCUT2D eigenvalue weighted by Crippen LogP contribution is -2.41. The van der Waals surface area contributed by atoms with Crippen molar-refractivity contribution in [2.75, 3.05) is 26.7 Å². The Morgan fingerprint density at radius 2 is 2.22 bits per heavy atom. The number of halogens is 1. The van der Waals surface area contributed by atoms with Gasteiger partial charge in [0, 0.05) is 18.0 Å². The fraction of sp³-hybridized carbons (Fsp3) is 0.615. The lowest BCUT2D eigenvalue weighted by atomic mass is 9.96. The van der Waals surface area contributed by atoms with E-state index in [1.165, 1.54) is 0 Å². The van der Waals surface area contributed by atoms with Gasteiger partial charge in [-0.1, -0.05) is 0 Å². The van der Waals surface area contributed by atoms with Gasteiger partial charge in [0.15, 0.2) is 0 Å². The molecule has 1 amide bonds. The molecule has 0 atom stereocenters. The summed E-state index contributed by atoms with van der Waals surface area (Å²) >= 11 is 5.08. The van der Waals surface area contributed by atoms with Gasteiger partial charge in [-0.2, -0.15) is 0 Å². The van der Waals surface area contributed by atoms with E-state index in [0.29, 0.717) is 6.42 Å². The number of hydrogen-bond acceptors (Lipinski definition) is 3. The van der Waals surface area contributed by atoms with Gasteiger partial charge in [-0.15, -0.1) is 11.3 Å². The topological polar surface area (TPSA) is 32.3 Å². The minimum Gasteiger partial charge on any atom is -0.342 e. The third-order valence-corrected chi connectivity index (χ3v) is 5.04. The summed E-state index contributed by atoms with van der Waals surface area (Å²) in [7, 11) is 1.99. The Labute approximate surface area is 121 Å². The monoisotopic (exact) mass is 330 g/mol. The van der Waals surface area contributed by atoms with Gasteiger partial charge in [0.05, 0.1) is 10.2 Å². The molecule has 1 fully saturated rings. The Hall–Kier alpha value is -0.390. The SMILES string of the molecule is CNCC1CCN(C(=O)Cc2ccc(Br)s2)CC1. The molecule has 0 radical (unpaired) electrons. The molecule has 0 bridgehead atoms. The highest BCUT2D eigenvalue weighted by Gasteiger charge is 2.22. The van der Waals surface area contributed by atoms with Gasteiger partial charge >= 0.3 is 0 Å². The number of nitrogens with one attached hydrogen (secondary N) is 1. The van der Waals surface area contributed by atoms with Gasteiger partial charge in [0.2, 0.25) is 5.91 Å². The maximum atomic E-state index is 12.1. The number of amides is 1. The van der Waals surface area contributed by atoms with Crippen LogP contribution in [0.25, 0.3) is 0 Å². The second kappa shape index (κ2) is 6.68. The van der Waals surface area contributed by atoms with Crippen molar-refractivity contribution in [3.05, 3.63) is 20.8 Å². The van der Waals surface area contributed by atoms with Crippen molar-refractivity contribution in [3.8, 4) is 0 Å². The molecule has 1 aromatic heterocycles. The zero-order valence-electron chi connectivity index (χ0n) is 10.6. The van der Waals surface area contributed by atoms with E-state index in [9.17, 15) is 4.79 Å². The van der Waals surface area contributed by atoms with Crippen molar-refractivity contribution < 1.29 is 4.79 Å². The standard InChI is InChI=1S/C13H19BrN2OS/c1-15-9-10-4-6-16(7-5-10)13(17)8-11-2-3-12(14)18-11/h2-3,10,15H,4-9H2,1H3. The van der Waals surface area contributed by atoms with Gasteiger partial charge in [-0.25, -0.2) is 0 Å². The normalized spacial score (nSPS) is 17.1. The summed E-state index contributed by atoms with van der Waals surface area (Å²) in [5.41, 5.74) is 0. The highest BCUT2D eigenvalue weighted by atomic mass is 79.9. The summed E-state index contributed by atoms with van der Waals surface area (Å²) in [6.07, 6.45) is 2.80. The summed E-state index contributed by atoms with van der Waals surface area (Å²) in [6, 6.07) is 4.03. The number of nitrogens with zero attached hydrogens (tertiary/aromatic N) is 1. The Bertz CT molecular complexity index is 399. The van der Waals surface area contributed by atoms with Crippen LogP contribution in [0.5, 0.6) is 0 Å². The Morgan fingerprint density at radius 3 is 2.78 bits per heavy atom. The van der Waals surface area contributed by atoms with Crippen LogP contribution in [0.4, 0.5) is 0 Å². The molecule has 1 saturated heterocycles. The highest BCUT2D eigenvalue weighted by Crippen LogP contribution is 2.23. The van der Waals surface area contributed by atoms with Gasteiger partial charge in [0.25, 0.3) is 0 Å². The van der Waals surface area contributed by atoms with E-state index in [2.05, 4.69) is 21.2 Å². The molecular weight excluding hydrogens is 312 g/mol. The van der Waals surface area contributed by atoms with E-state index in [0.717, 1.165) is 47.1 Å². The maximum Gasteiger partial charge on any atom is 0.227 e. The minimum atomic E-state index is 0.271. The second-order valence-corrected chi connectivity index (χ2v) is 7.31. The van der Waals surface area contributed by atoms with Crippen molar-refractivity contribution in [2.45, 2.75) is 19.3 Å². The van der Waals surface area contributed by atoms with Crippen molar-refractivity contribution in [1.82, 2.24) is 10.2 Å². The van der Waals surface area contributed by atoms with E-state index in [1.807, 2.05) is 24.1 Å². The first-order valence-corrected chi connectivity index (χ1v) is 7.96. The molecular formula is C13H19BrN2OS. The zero-order valence-corrected chi connectivity index (χ0v) is 13.0. The summed E-state index contributed by atoms with van der Waals surface area (Å²) < 4.78 is 1.10. The molecule has 0 unspecified atom stereocenters. The molecule has 0 aromatic carbocycles. The summed E-state index contributed by atoms with van der Waals surface area (Å²) in [6.45, 7) is 2.90. The average Bonchev–Trinajstić information content (AvgIpc) is 2.76. The van der Waals surface area contributed by atoms with Gasteiger partial charge in [-0.05, 0) is 60.4 Å². The molecule has 1 aliphatic rings. The largest absolute Gasteiger partial charge is 0.342 e. The van der Waals surface area contributed by atoms with Crippen LogP contribution in [0.1, 0.15) is 17.7 Å². The second-order valence-electron chi connectivity index (χ2n) is 4.76. The molecule has 100 valence electrons. The molecule has 0 spiro atoms. The van der Waals surface area contributed by atoms with E-state index < -0.39 is 0 Å². The molecule has 0 saturated carbocycles. The van der Waals surface area contributed by atoms with Crippen molar-refractivity contribution in [2.24, 2.45) is 5.92 Å². The third-order valence-electron chi connectivity index (χ3n) is 3.41. The predicted molar refractivity (Wildman–Crippen MR) is 79.0 cm³/mol. The predicted octanol–water partition coefficient (Wildman–Crippen LogP) is 2.51. The van der Waals surface area contributed by atoms with Crippen LogP contribution in [-0.4, -0.2) is 37.5 Å². The van der Waals surface area contributed by atoms with Crippen molar-refractivity contribution in [1.29, 1.82) is 0 Å². The molecule has 0 aliphatic carbocycles. The molecule has 5 heteroatoms. The number of likely N-dealkylation sites (tertiary alicyclic amines) is 1. The number of hydrogen-bond donors (Lipinski definition) is 1. The van der Waals surface area contributed by atoms with Crippen LogP contribution >= 0.6 is 27.3 Å². The van der Waals surface area contributed by atoms with Gasteiger partial charge in [0.1, 0.15) is 0 Å². The number of piperidine rings is 1. The Morgan fingerprint density at radius 1 is 1.50 bits per heavy atom.